The van der Waals surface area contributed by atoms with Gasteiger partial charge in [0.25, 0.3) is 0 Å². The summed E-state index contributed by atoms with van der Waals surface area (Å²) in [5.74, 6) is 0.0476. The summed E-state index contributed by atoms with van der Waals surface area (Å²) in [6, 6.07) is 19.5. The number of carbonyl (C=O) groups excluding carboxylic acids is 2. The Labute approximate surface area is 191 Å². The molecule has 2 N–H and O–H groups in total. The van der Waals surface area contributed by atoms with Crippen molar-refractivity contribution < 1.29 is 9.59 Å². The zero-order chi connectivity index (χ0) is 22.1. The van der Waals surface area contributed by atoms with Gasteiger partial charge in [-0.05, 0) is 55.5 Å². The smallest absolute Gasteiger partial charge is 0.243 e. The molecule has 3 aromatic rings. The topological polar surface area (TPSA) is 61.4 Å². The molecule has 2 aromatic carbocycles. The molecule has 6 heteroatoms. The van der Waals surface area contributed by atoms with Crippen molar-refractivity contribution in [1.29, 1.82) is 0 Å². The third-order valence-electron chi connectivity index (χ3n) is 6.00. The highest BCUT2D eigenvalue weighted by molar-refractivity contribution is 7.10. The molecule has 0 saturated heterocycles. The Balaban J connectivity index is 1.57. The number of hydrogen-bond acceptors (Lipinski definition) is 5. The molecule has 162 valence electrons. The van der Waals surface area contributed by atoms with Crippen LogP contribution in [0.4, 0.5) is 17.1 Å². The fourth-order valence-electron chi connectivity index (χ4n) is 4.51. The van der Waals surface area contributed by atoms with Gasteiger partial charge in [0.1, 0.15) is 0 Å². The van der Waals surface area contributed by atoms with E-state index < -0.39 is 0 Å². The number of Topliss-reactive ketones (excluding diaryl/α,β-unsaturated/α-hetero) is 1. The Morgan fingerprint density at radius 1 is 1.09 bits per heavy atom. The summed E-state index contributed by atoms with van der Waals surface area (Å²) < 4.78 is 0. The van der Waals surface area contributed by atoms with Gasteiger partial charge in [0.15, 0.2) is 5.78 Å². The second kappa shape index (κ2) is 8.63. The summed E-state index contributed by atoms with van der Waals surface area (Å²) >= 11 is 1.62. The molecule has 0 fully saturated rings. The third-order valence-corrected chi connectivity index (χ3v) is 6.93. The van der Waals surface area contributed by atoms with Crippen LogP contribution in [0.15, 0.2) is 77.3 Å². The molecule has 5 rings (SSSR count). The van der Waals surface area contributed by atoms with Gasteiger partial charge in [-0.1, -0.05) is 35.9 Å². The van der Waals surface area contributed by atoms with Crippen LogP contribution in [0.5, 0.6) is 0 Å². The van der Waals surface area contributed by atoms with Crippen LogP contribution in [0.25, 0.3) is 0 Å². The number of carbonyl (C=O) groups is 2. The first-order chi connectivity index (χ1) is 15.6. The molecule has 0 saturated carbocycles. The van der Waals surface area contributed by atoms with Gasteiger partial charge in [-0.25, -0.2) is 0 Å². The van der Waals surface area contributed by atoms with Gasteiger partial charge in [-0.3, -0.25) is 9.59 Å². The van der Waals surface area contributed by atoms with Gasteiger partial charge >= 0.3 is 0 Å². The molecule has 0 spiro atoms. The van der Waals surface area contributed by atoms with E-state index in [-0.39, 0.29) is 24.3 Å². The predicted octanol–water partition coefficient (Wildman–Crippen LogP) is 5.68. The number of allylic oxidation sites excluding steroid dienone is 1. The standard InChI is InChI=1S/C26H25N3O2S/c1-17-11-13-18(14-12-17)27-24(31)16-29-21-8-3-2-6-19(21)28-20-7-4-9-22(30)25(20)26(29)23-10-5-15-32-23/h2-3,5-6,8,10-15,26,28H,4,7,9,16H2,1H3,(H,27,31). The SMILES string of the molecule is Cc1ccc(NC(=O)CN2c3ccccc3NC3=C(C(=O)CCC3)C2c2cccs2)cc1. The summed E-state index contributed by atoms with van der Waals surface area (Å²) in [7, 11) is 0. The van der Waals surface area contributed by atoms with Crippen molar-refractivity contribution in [3.05, 3.63) is 87.8 Å². The summed E-state index contributed by atoms with van der Waals surface area (Å²) in [5, 5.41) is 8.58. The van der Waals surface area contributed by atoms with E-state index >= 15 is 0 Å². The monoisotopic (exact) mass is 443 g/mol. The number of nitrogens with one attached hydrogen (secondary N) is 2. The summed E-state index contributed by atoms with van der Waals surface area (Å²) in [4.78, 5) is 29.5. The first kappa shape index (κ1) is 20.5. The molecule has 1 aliphatic carbocycles. The minimum absolute atomic E-state index is 0.113. The molecule has 5 nitrogen and oxygen atoms in total. The fourth-order valence-corrected chi connectivity index (χ4v) is 5.35. The molecule has 0 radical (unpaired) electrons. The second-order valence-corrected chi connectivity index (χ2v) is 9.25. The van der Waals surface area contributed by atoms with Crippen molar-refractivity contribution >= 4 is 40.1 Å². The molecule has 32 heavy (non-hydrogen) atoms. The lowest BCUT2D eigenvalue weighted by molar-refractivity contribution is -0.117. The van der Waals surface area contributed by atoms with Crippen LogP contribution in [-0.4, -0.2) is 18.2 Å². The number of thiophene rings is 1. The van der Waals surface area contributed by atoms with Gasteiger partial charge in [0.2, 0.25) is 5.91 Å². The number of aryl methyl sites for hydroxylation is 1. The number of hydrogen-bond donors (Lipinski definition) is 2. The van der Waals surface area contributed by atoms with E-state index in [0.717, 1.165) is 51.6 Å². The van der Waals surface area contributed by atoms with Crippen LogP contribution in [0.3, 0.4) is 0 Å². The minimum Gasteiger partial charge on any atom is -0.357 e. The number of rotatable bonds is 4. The number of nitrogens with zero attached hydrogens (tertiary/aromatic N) is 1. The van der Waals surface area contributed by atoms with Crippen molar-refractivity contribution in [2.45, 2.75) is 32.2 Å². The number of amides is 1. The van der Waals surface area contributed by atoms with Gasteiger partial charge in [0, 0.05) is 28.3 Å². The van der Waals surface area contributed by atoms with E-state index in [0.29, 0.717) is 6.42 Å². The molecular formula is C26H25N3O2S. The number of ketones is 1. The highest BCUT2D eigenvalue weighted by Gasteiger charge is 2.37. The Kier molecular flexibility index (Phi) is 5.53. The van der Waals surface area contributed by atoms with Crippen molar-refractivity contribution in [3.8, 4) is 0 Å². The Morgan fingerprint density at radius 3 is 2.69 bits per heavy atom. The highest BCUT2D eigenvalue weighted by Crippen LogP contribution is 2.45. The maximum atomic E-state index is 13.2. The molecule has 1 unspecified atom stereocenters. The van der Waals surface area contributed by atoms with E-state index in [2.05, 4.69) is 21.6 Å². The van der Waals surface area contributed by atoms with Gasteiger partial charge in [-0.2, -0.15) is 0 Å². The molecule has 1 amide bonds. The van der Waals surface area contributed by atoms with Crippen LogP contribution < -0.4 is 15.5 Å². The summed E-state index contributed by atoms with van der Waals surface area (Å²) in [5.41, 5.74) is 5.53. The average Bonchev–Trinajstić information content (AvgIpc) is 3.27. The Hall–Kier alpha value is -3.38. The van der Waals surface area contributed by atoms with E-state index in [1.165, 1.54) is 0 Å². The molecule has 2 aliphatic rings. The van der Waals surface area contributed by atoms with Crippen molar-refractivity contribution in [1.82, 2.24) is 0 Å². The number of fused-ring (bicyclic) bond motifs is 1. The molecule has 1 aromatic heterocycles. The van der Waals surface area contributed by atoms with E-state index in [9.17, 15) is 9.59 Å². The number of benzene rings is 2. The lowest BCUT2D eigenvalue weighted by Gasteiger charge is -2.34. The number of anilines is 3. The first-order valence-electron chi connectivity index (χ1n) is 10.9. The van der Waals surface area contributed by atoms with Crippen LogP contribution in [0.1, 0.15) is 35.7 Å². The van der Waals surface area contributed by atoms with Crippen LogP contribution in [-0.2, 0) is 9.59 Å². The van der Waals surface area contributed by atoms with Gasteiger partial charge < -0.3 is 15.5 Å². The predicted molar refractivity (Wildman–Crippen MR) is 130 cm³/mol. The Morgan fingerprint density at radius 2 is 1.91 bits per heavy atom. The highest BCUT2D eigenvalue weighted by atomic mass is 32.1. The lowest BCUT2D eigenvalue weighted by atomic mass is 9.88. The minimum atomic E-state index is -0.294. The number of para-hydroxylation sites is 2. The quantitative estimate of drug-likeness (QED) is 0.545. The first-order valence-corrected chi connectivity index (χ1v) is 11.8. The molecular weight excluding hydrogens is 418 g/mol. The van der Waals surface area contributed by atoms with E-state index in [4.69, 9.17) is 0 Å². The zero-order valence-corrected chi connectivity index (χ0v) is 18.7. The molecule has 0 bridgehead atoms. The average molecular weight is 444 g/mol. The lowest BCUT2D eigenvalue weighted by Crippen LogP contribution is -2.38. The maximum Gasteiger partial charge on any atom is 0.243 e. The summed E-state index contributed by atoms with van der Waals surface area (Å²) in [6.07, 6.45) is 2.22. The zero-order valence-electron chi connectivity index (χ0n) is 17.9. The van der Waals surface area contributed by atoms with Crippen molar-refractivity contribution in [2.24, 2.45) is 0 Å². The molecule has 1 aliphatic heterocycles. The third kappa shape index (κ3) is 3.94. The van der Waals surface area contributed by atoms with Crippen molar-refractivity contribution in [3.63, 3.8) is 0 Å². The maximum absolute atomic E-state index is 13.2. The van der Waals surface area contributed by atoms with E-state index in [1.54, 1.807) is 11.3 Å². The van der Waals surface area contributed by atoms with Gasteiger partial charge in [0.05, 0.1) is 24.0 Å². The Bertz CT molecular complexity index is 1180. The molecule has 1 atom stereocenters. The van der Waals surface area contributed by atoms with Gasteiger partial charge in [-0.15, -0.1) is 11.3 Å². The van der Waals surface area contributed by atoms with Crippen LogP contribution >= 0.6 is 11.3 Å². The normalized spacial score (nSPS) is 17.8. The van der Waals surface area contributed by atoms with Crippen LogP contribution in [0.2, 0.25) is 0 Å². The molecule has 2 heterocycles. The fraction of sp³-hybridized carbons (Fsp3) is 0.231. The summed E-state index contributed by atoms with van der Waals surface area (Å²) in [6.45, 7) is 2.16. The second-order valence-electron chi connectivity index (χ2n) is 8.27. The van der Waals surface area contributed by atoms with E-state index in [1.807, 2.05) is 66.9 Å². The van der Waals surface area contributed by atoms with Crippen LogP contribution in [0, 0.1) is 6.92 Å². The van der Waals surface area contributed by atoms with Crippen molar-refractivity contribution in [2.75, 3.05) is 22.1 Å². The largest absolute Gasteiger partial charge is 0.357 e.